The van der Waals surface area contributed by atoms with Gasteiger partial charge in [-0.25, -0.2) is 4.79 Å². The van der Waals surface area contributed by atoms with E-state index in [1.807, 2.05) is 6.08 Å². The quantitative estimate of drug-likeness (QED) is 0.266. The molecule has 6 atom stereocenters. The molecule has 2 N–H and O–H groups in total. The average Bonchev–Trinajstić information content (AvgIpc) is 3.07. The summed E-state index contributed by atoms with van der Waals surface area (Å²) in [5.41, 5.74) is 0.389. The molecule has 40 heavy (non-hydrogen) atoms. The van der Waals surface area contributed by atoms with Gasteiger partial charge >= 0.3 is 11.9 Å². The molecule has 1 fully saturated rings. The van der Waals surface area contributed by atoms with E-state index >= 15 is 0 Å². The molecule has 10 heteroatoms. The summed E-state index contributed by atoms with van der Waals surface area (Å²) >= 11 is 6.11. The van der Waals surface area contributed by atoms with Gasteiger partial charge in [0.25, 0.3) is 0 Å². The lowest BCUT2D eigenvalue weighted by atomic mass is 9.75. The number of nitrogens with zero attached hydrogens (tertiary/aromatic N) is 1. The number of carbonyl (C=O) groups is 3. The Balaban J connectivity index is 1.87. The van der Waals surface area contributed by atoms with Crippen LogP contribution in [0.1, 0.15) is 51.4 Å². The normalized spacial score (nSPS) is 24.4. The Morgan fingerprint density at radius 1 is 1.25 bits per heavy atom. The van der Waals surface area contributed by atoms with Gasteiger partial charge in [-0.05, 0) is 36.1 Å². The number of nitriles is 1. The van der Waals surface area contributed by atoms with Crippen LogP contribution in [-0.4, -0.2) is 43.3 Å². The molecule has 1 heterocycles. The van der Waals surface area contributed by atoms with Crippen molar-refractivity contribution in [2.75, 3.05) is 12.4 Å². The van der Waals surface area contributed by atoms with Crippen LogP contribution in [0.5, 0.6) is 5.75 Å². The van der Waals surface area contributed by atoms with Crippen LogP contribution in [0, 0.1) is 46.3 Å². The zero-order valence-electron chi connectivity index (χ0n) is 23.4. The Morgan fingerprint density at radius 2 is 1.98 bits per heavy atom. The second kappa shape index (κ2) is 13.0. The molecule has 9 nitrogen and oxygen atoms in total. The predicted octanol–water partition coefficient (Wildman–Crippen LogP) is 4.54. The van der Waals surface area contributed by atoms with Gasteiger partial charge in [0.15, 0.2) is 0 Å². The fourth-order valence-corrected chi connectivity index (χ4v) is 5.09. The van der Waals surface area contributed by atoms with Crippen molar-refractivity contribution in [3.63, 3.8) is 0 Å². The first-order chi connectivity index (χ1) is 18.8. The number of amides is 1. The number of methoxy groups -OCH3 is 1. The number of hydrogen-bond acceptors (Lipinski definition) is 8. The van der Waals surface area contributed by atoms with Gasteiger partial charge in [-0.1, -0.05) is 56.4 Å². The lowest BCUT2D eigenvalue weighted by Gasteiger charge is -2.26. The van der Waals surface area contributed by atoms with E-state index in [9.17, 15) is 19.6 Å². The van der Waals surface area contributed by atoms with Crippen molar-refractivity contribution in [2.24, 2.45) is 23.2 Å². The molecule has 0 radical (unpaired) electrons. The standard InChI is InChI=1S/C30H34ClN3O6/c1-17(35)39-18(2)40-29(37)20-11-13-23(25(14-20)38-6)34-28(36)27-26(19-8-7-9-21(31)12-10-19)22(16-32)24(33-27)15-30(3,4)5/h7-9,11,13-14,18-19,22,24,26-27,33H,15H2,1-6H3,(H,34,36)/t18?,19?,22?,24?,26?,27-/m1/s1. The maximum absolute atomic E-state index is 13.7. The van der Waals surface area contributed by atoms with Gasteiger partial charge in [0.2, 0.25) is 12.2 Å². The Hall–Kier alpha value is -3.79. The first-order valence-corrected chi connectivity index (χ1v) is 13.3. The first-order valence-electron chi connectivity index (χ1n) is 12.9. The first kappa shape index (κ1) is 30.7. The zero-order chi connectivity index (χ0) is 29.6. The van der Waals surface area contributed by atoms with Crippen LogP contribution in [0.4, 0.5) is 5.69 Å². The Bertz CT molecular complexity index is 1310. The molecule has 0 bridgehead atoms. The number of nitrogens with one attached hydrogen (secondary N) is 2. The fourth-order valence-electron chi connectivity index (χ4n) is 4.96. The van der Waals surface area contributed by atoms with E-state index in [1.54, 1.807) is 12.2 Å². The van der Waals surface area contributed by atoms with E-state index in [1.165, 1.54) is 39.2 Å². The summed E-state index contributed by atoms with van der Waals surface area (Å²) in [5, 5.41) is 16.9. The number of esters is 2. The number of hydrogen-bond donors (Lipinski definition) is 2. The SMILES string of the molecule is COc1cc(C(=O)OC(C)OC(C)=O)ccc1NC(=O)[C@@H]1NC(CC(C)(C)C)C(C#N)C1C1C#CC(Cl)=CC=C1. The molecule has 1 amide bonds. The van der Waals surface area contributed by atoms with Crippen LogP contribution in [0.25, 0.3) is 0 Å². The summed E-state index contributed by atoms with van der Waals surface area (Å²) in [7, 11) is 1.41. The molecule has 5 unspecified atom stereocenters. The highest BCUT2D eigenvalue weighted by molar-refractivity contribution is 6.32. The lowest BCUT2D eigenvalue weighted by Crippen LogP contribution is -2.44. The molecule has 1 saturated heterocycles. The summed E-state index contributed by atoms with van der Waals surface area (Å²) in [6.07, 6.45) is 4.95. The molecule has 1 aromatic carbocycles. The van der Waals surface area contributed by atoms with Gasteiger partial charge in [0.05, 0.1) is 41.4 Å². The maximum atomic E-state index is 13.7. The van der Waals surface area contributed by atoms with Crippen molar-refractivity contribution < 1.29 is 28.6 Å². The largest absolute Gasteiger partial charge is 0.495 e. The molecule has 0 aromatic heterocycles. The van der Waals surface area contributed by atoms with E-state index in [0.29, 0.717) is 17.1 Å². The number of halogens is 1. The molecule has 1 aliphatic heterocycles. The van der Waals surface area contributed by atoms with Gasteiger partial charge in [0.1, 0.15) is 5.75 Å². The maximum Gasteiger partial charge on any atom is 0.341 e. The number of rotatable bonds is 8. The summed E-state index contributed by atoms with van der Waals surface area (Å²) in [6.45, 7) is 8.90. The van der Waals surface area contributed by atoms with E-state index in [4.69, 9.17) is 25.8 Å². The third-order valence-electron chi connectivity index (χ3n) is 6.52. The number of allylic oxidation sites excluding steroid dienone is 4. The third kappa shape index (κ3) is 7.88. The smallest absolute Gasteiger partial charge is 0.341 e. The summed E-state index contributed by atoms with van der Waals surface area (Å²) in [5.74, 6) is 3.27. The zero-order valence-corrected chi connectivity index (χ0v) is 24.2. The van der Waals surface area contributed by atoms with Gasteiger partial charge in [-0.15, -0.1) is 0 Å². The van der Waals surface area contributed by atoms with Crippen molar-refractivity contribution >= 4 is 35.1 Å². The van der Waals surface area contributed by atoms with Gasteiger partial charge in [0, 0.05) is 31.7 Å². The minimum Gasteiger partial charge on any atom is -0.495 e. The summed E-state index contributed by atoms with van der Waals surface area (Å²) < 4.78 is 15.4. The Kier molecular flexibility index (Phi) is 10.0. The molecule has 3 rings (SSSR count). The molecular formula is C30H34ClN3O6. The van der Waals surface area contributed by atoms with Crippen molar-refractivity contribution in [3.8, 4) is 23.7 Å². The summed E-state index contributed by atoms with van der Waals surface area (Å²) in [4.78, 5) is 37.3. The minimum atomic E-state index is -1.07. The highest BCUT2D eigenvalue weighted by Crippen LogP contribution is 2.40. The molecular weight excluding hydrogens is 534 g/mol. The summed E-state index contributed by atoms with van der Waals surface area (Å²) in [6, 6.07) is 5.88. The van der Waals surface area contributed by atoms with Crippen molar-refractivity contribution in [1.82, 2.24) is 5.32 Å². The fraction of sp³-hybridized carbons (Fsp3) is 0.467. The number of anilines is 1. The highest BCUT2D eigenvalue weighted by Gasteiger charge is 2.50. The highest BCUT2D eigenvalue weighted by atomic mass is 35.5. The average molecular weight is 568 g/mol. The molecule has 0 spiro atoms. The van der Waals surface area contributed by atoms with E-state index in [-0.39, 0.29) is 34.6 Å². The molecule has 0 saturated carbocycles. The van der Waals surface area contributed by atoms with Crippen LogP contribution in [-0.2, 0) is 19.1 Å². The van der Waals surface area contributed by atoms with Crippen LogP contribution in [0.3, 0.4) is 0 Å². The van der Waals surface area contributed by atoms with Crippen molar-refractivity contribution in [2.45, 2.75) is 59.4 Å². The minimum absolute atomic E-state index is 0.0842. The van der Waals surface area contributed by atoms with Gasteiger partial charge in [-0.3, -0.25) is 9.59 Å². The predicted molar refractivity (Wildman–Crippen MR) is 150 cm³/mol. The van der Waals surface area contributed by atoms with E-state index < -0.39 is 36.1 Å². The topological polar surface area (TPSA) is 127 Å². The van der Waals surface area contributed by atoms with Crippen LogP contribution in [0.15, 0.2) is 41.5 Å². The van der Waals surface area contributed by atoms with Crippen LogP contribution >= 0.6 is 11.6 Å². The van der Waals surface area contributed by atoms with E-state index in [0.717, 1.165) is 0 Å². The third-order valence-corrected chi connectivity index (χ3v) is 6.74. The van der Waals surface area contributed by atoms with Gasteiger partial charge in [-0.2, -0.15) is 5.26 Å². The second-order valence-electron chi connectivity index (χ2n) is 10.9. The lowest BCUT2D eigenvalue weighted by molar-refractivity contribution is -0.162. The van der Waals surface area contributed by atoms with Crippen LogP contribution in [0.2, 0.25) is 0 Å². The number of benzene rings is 1. The van der Waals surface area contributed by atoms with Gasteiger partial charge < -0.3 is 24.8 Å². The molecule has 2 aliphatic rings. The molecule has 212 valence electrons. The Morgan fingerprint density at radius 3 is 2.60 bits per heavy atom. The number of carbonyl (C=O) groups excluding carboxylic acids is 3. The Labute approximate surface area is 239 Å². The van der Waals surface area contributed by atoms with E-state index in [2.05, 4.69) is 49.3 Å². The van der Waals surface area contributed by atoms with Crippen LogP contribution < -0.4 is 15.4 Å². The molecule has 1 aliphatic carbocycles. The monoisotopic (exact) mass is 567 g/mol. The van der Waals surface area contributed by atoms with Crippen molar-refractivity contribution in [3.05, 3.63) is 47.0 Å². The number of ether oxygens (including phenoxy) is 3. The van der Waals surface area contributed by atoms with Crippen molar-refractivity contribution in [1.29, 1.82) is 5.26 Å². The second-order valence-corrected chi connectivity index (χ2v) is 11.3. The molecule has 1 aromatic rings.